The number of rotatable bonds is 11. The number of likely N-dealkylation sites (N-methyl/N-ethyl adjacent to an activating group) is 1. The van der Waals surface area contributed by atoms with E-state index in [4.69, 9.17) is 4.99 Å². The molecule has 1 fully saturated rings. The Morgan fingerprint density at radius 2 is 1.35 bits per heavy atom. The maximum atomic E-state index is 4.90. The molecule has 0 spiro atoms. The van der Waals surface area contributed by atoms with Crippen LogP contribution in [-0.2, 0) is 0 Å². The average Bonchev–Trinajstić information content (AvgIpc) is 2.80. The summed E-state index contributed by atoms with van der Waals surface area (Å²) in [6.07, 6.45) is 14.1. The van der Waals surface area contributed by atoms with Crippen molar-refractivity contribution in [3.05, 3.63) is 0 Å². The van der Waals surface area contributed by atoms with E-state index in [1.807, 2.05) is 0 Å². The minimum atomic E-state index is 0.0178. The lowest BCUT2D eigenvalue weighted by Crippen LogP contribution is -2.34. The van der Waals surface area contributed by atoms with Crippen LogP contribution >= 0.6 is 0 Å². The van der Waals surface area contributed by atoms with Gasteiger partial charge in [0.25, 0.3) is 0 Å². The van der Waals surface area contributed by atoms with Crippen LogP contribution in [0, 0.1) is 0 Å². The molecule has 0 aromatic heterocycles. The maximum Gasteiger partial charge on any atom is 0.196 e. The lowest BCUT2D eigenvalue weighted by molar-refractivity contribution is 0.425. The van der Waals surface area contributed by atoms with Gasteiger partial charge in [0.05, 0.1) is 5.54 Å². The van der Waals surface area contributed by atoms with Crippen LogP contribution in [0.25, 0.3) is 0 Å². The summed E-state index contributed by atoms with van der Waals surface area (Å²) in [5, 5.41) is 0. The second kappa shape index (κ2) is 10.9. The van der Waals surface area contributed by atoms with Gasteiger partial charge in [-0.2, -0.15) is 0 Å². The van der Waals surface area contributed by atoms with Gasteiger partial charge in [0.15, 0.2) is 5.96 Å². The van der Waals surface area contributed by atoms with E-state index in [1.165, 1.54) is 76.7 Å². The third kappa shape index (κ3) is 9.22. The highest BCUT2D eigenvalue weighted by Gasteiger charge is 2.24. The van der Waals surface area contributed by atoms with Crippen LogP contribution in [0.2, 0.25) is 0 Å². The van der Waals surface area contributed by atoms with Crippen LogP contribution in [0.15, 0.2) is 4.99 Å². The average molecular weight is 324 g/mol. The monoisotopic (exact) mass is 323 g/mol. The number of aliphatic imine (C=N–C) groups is 1. The quantitative estimate of drug-likeness (QED) is 0.480. The van der Waals surface area contributed by atoms with Crippen molar-refractivity contribution in [1.82, 2.24) is 9.80 Å². The molecule has 23 heavy (non-hydrogen) atoms. The highest BCUT2D eigenvalue weighted by atomic mass is 15.4. The number of guanidine groups is 1. The molecule has 3 heteroatoms. The predicted octanol–water partition coefficient (Wildman–Crippen LogP) is 5.31. The van der Waals surface area contributed by atoms with E-state index in [1.54, 1.807) is 0 Å². The smallest absolute Gasteiger partial charge is 0.196 e. The van der Waals surface area contributed by atoms with Crippen LogP contribution in [0.5, 0.6) is 0 Å². The van der Waals surface area contributed by atoms with Crippen molar-refractivity contribution in [2.75, 3.05) is 26.7 Å². The molecule has 0 amide bonds. The molecule has 0 aliphatic carbocycles. The number of hydrogen-bond donors (Lipinski definition) is 0. The fourth-order valence-electron chi connectivity index (χ4n) is 3.17. The van der Waals surface area contributed by atoms with Crippen LogP contribution in [0.3, 0.4) is 0 Å². The largest absolute Gasteiger partial charge is 0.344 e. The standard InChI is InChI=1S/C20H41N3/c1-6-7-8-9-10-11-12-13-14-15-16-23-18-17-22(5)19(23)21-20(2,3)4/h6-18H2,1-5H3. The summed E-state index contributed by atoms with van der Waals surface area (Å²) in [6, 6.07) is 0. The fourth-order valence-corrected chi connectivity index (χ4v) is 3.17. The van der Waals surface area contributed by atoms with Gasteiger partial charge in [0.2, 0.25) is 0 Å². The molecule has 0 saturated carbocycles. The van der Waals surface area contributed by atoms with Gasteiger partial charge in [-0.3, -0.25) is 0 Å². The molecule has 0 radical (unpaired) electrons. The summed E-state index contributed by atoms with van der Waals surface area (Å²) >= 11 is 0. The van der Waals surface area contributed by atoms with Crippen molar-refractivity contribution in [1.29, 1.82) is 0 Å². The Bertz CT molecular complexity index is 330. The zero-order chi connectivity index (χ0) is 17.1. The third-order valence-corrected chi connectivity index (χ3v) is 4.55. The number of hydrogen-bond acceptors (Lipinski definition) is 1. The van der Waals surface area contributed by atoms with E-state index in [0.717, 1.165) is 13.1 Å². The zero-order valence-corrected chi connectivity index (χ0v) is 16.5. The van der Waals surface area contributed by atoms with Crippen molar-refractivity contribution in [3.8, 4) is 0 Å². The number of unbranched alkanes of at least 4 members (excludes halogenated alkanes) is 9. The van der Waals surface area contributed by atoms with E-state index < -0.39 is 0 Å². The van der Waals surface area contributed by atoms with Crippen LogP contribution in [0.4, 0.5) is 0 Å². The SMILES string of the molecule is CCCCCCCCCCCCN1CCN(C)C1=NC(C)(C)C. The molecule has 0 unspecified atom stereocenters. The first-order chi connectivity index (χ1) is 10.9. The first-order valence-electron chi connectivity index (χ1n) is 10.00. The summed E-state index contributed by atoms with van der Waals surface area (Å²) in [6.45, 7) is 12.3. The maximum absolute atomic E-state index is 4.90. The Morgan fingerprint density at radius 3 is 1.87 bits per heavy atom. The van der Waals surface area contributed by atoms with Crippen LogP contribution in [0.1, 0.15) is 91.9 Å². The Balaban J connectivity index is 2.10. The van der Waals surface area contributed by atoms with E-state index in [2.05, 4.69) is 44.5 Å². The molecular formula is C20H41N3. The zero-order valence-electron chi connectivity index (χ0n) is 16.5. The minimum Gasteiger partial charge on any atom is -0.344 e. The van der Waals surface area contributed by atoms with Gasteiger partial charge in [0, 0.05) is 26.7 Å². The first kappa shape index (κ1) is 20.3. The van der Waals surface area contributed by atoms with Gasteiger partial charge >= 0.3 is 0 Å². The van der Waals surface area contributed by atoms with Gasteiger partial charge in [0.1, 0.15) is 0 Å². The molecule has 0 atom stereocenters. The van der Waals surface area contributed by atoms with Crippen molar-refractivity contribution in [3.63, 3.8) is 0 Å². The Kier molecular flexibility index (Phi) is 9.66. The van der Waals surface area contributed by atoms with Crippen molar-refractivity contribution >= 4 is 5.96 Å². The Hall–Kier alpha value is -0.730. The molecule has 1 aliphatic rings. The van der Waals surface area contributed by atoms with Gasteiger partial charge in [-0.05, 0) is 27.2 Å². The molecule has 1 heterocycles. The molecule has 1 rings (SSSR count). The second-order valence-corrected chi connectivity index (χ2v) is 8.17. The lowest BCUT2D eigenvalue weighted by atomic mass is 10.1. The Labute approximate surface area is 145 Å². The fraction of sp³-hybridized carbons (Fsp3) is 0.950. The molecule has 3 nitrogen and oxygen atoms in total. The number of nitrogens with zero attached hydrogens (tertiary/aromatic N) is 3. The molecule has 1 saturated heterocycles. The molecule has 0 aromatic rings. The van der Waals surface area contributed by atoms with Gasteiger partial charge in [-0.1, -0.05) is 64.7 Å². The third-order valence-electron chi connectivity index (χ3n) is 4.55. The van der Waals surface area contributed by atoms with E-state index in [0.29, 0.717) is 0 Å². The summed E-state index contributed by atoms with van der Waals surface area (Å²) in [5.41, 5.74) is 0.0178. The highest BCUT2D eigenvalue weighted by Crippen LogP contribution is 2.16. The van der Waals surface area contributed by atoms with Crippen LogP contribution in [-0.4, -0.2) is 48.0 Å². The summed E-state index contributed by atoms with van der Waals surface area (Å²) in [5.74, 6) is 1.20. The van der Waals surface area contributed by atoms with E-state index in [-0.39, 0.29) is 5.54 Å². The summed E-state index contributed by atoms with van der Waals surface area (Å²) < 4.78 is 0. The molecular weight excluding hydrogens is 282 g/mol. The van der Waals surface area contributed by atoms with Crippen molar-refractivity contribution in [2.24, 2.45) is 4.99 Å². The van der Waals surface area contributed by atoms with Crippen LogP contribution < -0.4 is 0 Å². The molecule has 0 bridgehead atoms. The molecule has 0 aromatic carbocycles. The second-order valence-electron chi connectivity index (χ2n) is 8.17. The minimum absolute atomic E-state index is 0.0178. The molecule has 136 valence electrons. The molecule has 0 N–H and O–H groups in total. The normalized spacial score (nSPS) is 17.5. The lowest BCUT2D eigenvalue weighted by Gasteiger charge is -2.24. The van der Waals surface area contributed by atoms with Crippen molar-refractivity contribution in [2.45, 2.75) is 97.4 Å². The first-order valence-corrected chi connectivity index (χ1v) is 10.00. The predicted molar refractivity (Wildman–Crippen MR) is 103 cm³/mol. The molecule has 1 aliphatic heterocycles. The van der Waals surface area contributed by atoms with E-state index >= 15 is 0 Å². The van der Waals surface area contributed by atoms with Gasteiger partial charge < -0.3 is 9.80 Å². The highest BCUT2D eigenvalue weighted by molar-refractivity contribution is 5.82. The van der Waals surface area contributed by atoms with Crippen molar-refractivity contribution < 1.29 is 0 Å². The summed E-state index contributed by atoms with van der Waals surface area (Å²) in [4.78, 5) is 9.69. The van der Waals surface area contributed by atoms with Gasteiger partial charge in [-0.25, -0.2) is 4.99 Å². The summed E-state index contributed by atoms with van der Waals surface area (Å²) in [7, 11) is 2.17. The van der Waals surface area contributed by atoms with Gasteiger partial charge in [-0.15, -0.1) is 0 Å². The topological polar surface area (TPSA) is 18.8 Å². The Morgan fingerprint density at radius 1 is 0.826 bits per heavy atom. The van der Waals surface area contributed by atoms with E-state index in [9.17, 15) is 0 Å².